The average molecular weight is 389 g/mol. The number of anilines is 1. The van der Waals surface area contributed by atoms with Gasteiger partial charge in [-0.1, -0.05) is 41.7 Å². The Balaban J connectivity index is 1.75. The minimum atomic E-state index is -0.155. The van der Waals surface area contributed by atoms with Gasteiger partial charge in [-0.15, -0.1) is 0 Å². The first kappa shape index (κ1) is 18.7. The van der Waals surface area contributed by atoms with Crippen LogP contribution in [0.25, 0.3) is 0 Å². The maximum atomic E-state index is 12.8. The standard InChI is InChI=1S/C19H20N2O3S2/c1-23-15-9-14(10-16(11-15)24-2)21-18(22)17-6-4-3-5-13(17)12-26-19-20-7-8-25-19/h3-6,9-11H,7-8,12H2,1-2H3,(H,21,22). The van der Waals surface area contributed by atoms with Gasteiger partial charge in [-0.05, 0) is 11.6 Å². The van der Waals surface area contributed by atoms with Gasteiger partial charge in [-0.2, -0.15) is 0 Å². The third-order valence-corrected chi connectivity index (χ3v) is 6.08. The Morgan fingerprint density at radius 1 is 1.19 bits per heavy atom. The molecule has 1 aliphatic heterocycles. The van der Waals surface area contributed by atoms with Gasteiger partial charge in [0.2, 0.25) is 0 Å². The van der Waals surface area contributed by atoms with Crippen molar-refractivity contribution in [2.75, 3.05) is 31.8 Å². The summed E-state index contributed by atoms with van der Waals surface area (Å²) in [5.41, 5.74) is 2.27. The topological polar surface area (TPSA) is 59.9 Å². The maximum Gasteiger partial charge on any atom is 0.255 e. The lowest BCUT2D eigenvalue weighted by Gasteiger charge is -2.12. The number of hydrogen-bond donors (Lipinski definition) is 1. The number of benzene rings is 2. The number of ether oxygens (including phenoxy) is 2. The van der Waals surface area contributed by atoms with Crippen molar-refractivity contribution >= 4 is 39.5 Å². The predicted octanol–water partition coefficient (Wildman–Crippen LogP) is 4.29. The molecule has 1 aliphatic rings. The van der Waals surface area contributed by atoms with E-state index in [1.54, 1.807) is 55.9 Å². The fourth-order valence-corrected chi connectivity index (χ4v) is 4.50. The zero-order valence-electron chi connectivity index (χ0n) is 14.7. The molecule has 26 heavy (non-hydrogen) atoms. The van der Waals surface area contributed by atoms with E-state index in [1.807, 2.05) is 24.3 Å². The lowest BCUT2D eigenvalue weighted by Crippen LogP contribution is -2.14. The molecule has 2 aromatic carbocycles. The van der Waals surface area contributed by atoms with Crippen LogP contribution in [-0.4, -0.2) is 36.8 Å². The molecule has 0 saturated heterocycles. The fourth-order valence-electron chi connectivity index (χ4n) is 2.49. The lowest BCUT2D eigenvalue weighted by atomic mass is 10.1. The number of carbonyl (C=O) groups excluding carboxylic acids is 1. The second kappa shape index (κ2) is 9.00. The van der Waals surface area contributed by atoms with Gasteiger partial charge in [0.25, 0.3) is 5.91 Å². The number of thioether (sulfide) groups is 2. The molecule has 1 amide bonds. The molecule has 0 spiro atoms. The molecule has 1 heterocycles. The Morgan fingerprint density at radius 2 is 1.92 bits per heavy atom. The number of nitrogens with zero attached hydrogens (tertiary/aromatic N) is 1. The van der Waals surface area contributed by atoms with E-state index in [-0.39, 0.29) is 5.91 Å². The number of hydrogen-bond acceptors (Lipinski definition) is 6. The largest absolute Gasteiger partial charge is 0.497 e. The first-order chi connectivity index (χ1) is 12.7. The summed E-state index contributed by atoms with van der Waals surface area (Å²) in [6.45, 7) is 0.882. The van der Waals surface area contributed by atoms with Crippen molar-refractivity contribution in [3.63, 3.8) is 0 Å². The summed E-state index contributed by atoms with van der Waals surface area (Å²) in [6.07, 6.45) is 0. The van der Waals surface area contributed by atoms with Crippen molar-refractivity contribution in [1.29, 1.82) is 0 Å². The van der Waals surface area contributed by atoms with Gasteiger partial charge in [0.15, 0.2) is 0 Å². The maximum absolute atomic E-state index is 12.8. The van der Waals surface area contributed by atoms with Gasteiger partial charge in [-0.25, -0.2) is 0 Å². The molecule has 0 unspecified atom stereocenters. The van der Waals surface area contributed by atoms with Crippen LogP contribution in [0.2, 0.25) is 0 Å². The minimum absolute atomic E-state index is 0.155. The fraction of sp³-hybridized carbons (Fsp3) is 0.263. The van der Waals surface area contributed by atoms with E-state index < -0.39 is 0 Å². The van der Waals surface area contributed by atoms with E-state index in [0.29, 0.717) is 22.7 Å². The third-order valence-electron chi connectivity index (χ3n) is 3.78. The molecular formula is C19H20N2O3S2. The van der Waals surface area contributed by atoms with E-state index in [9.17, 15) is 4.79 Å². The van der Waals surface area contributed by atoms with Crippen LogP contribution in [0.5, 0.6) is 11.5 Å². The molecule has 5 nitrogen and oxygen atoms in total. The second-order valence-electron chi connectivity index (χ2n) is 5.50. The molecule has 0 radical (unpaired) electrons. The number of amides is 1. The summed E-state index contributed by atoms with van der Waals surface area (Å²) in [7, 11) is 3.16. The first-order valence-electron chi connectivity index (χ1n) is 8.12. The SMILES string of the molecule is COc1cc(NC(=O)c2ccccc2CSC2=NCCS2)cc(OC)c1. The van der Waals surface area contributed by atoms with Crippen LogP contribution in [0.3, 0.4) is 0 Å². The Hall–Kier alpha value is -2.12. The highest BCUT2D eigenvalue weighted by Gasteiger charge is 2.14. The van der Waals surface area contributed by atoms with Crippen LogP contribution in [0.15, 0.2) is 47.5 Å². The number of nitrogens with one attached hydrogen (secondary N) is 1. The summed E-state index contributed by atoms with van der Waals surface area (Å²) in [6, 6.07) is 12.9. The number of carbonyl (C=O) groups is 1. The van der Waals surface area contributed by atoms with E-state index in [2.05, 4.69) is 10.3 Å². The van der Waals surface area contributed by atoms with Crippen molar-refractivity contribution in [3.8, 4) is 11.5 Å². The monoisotopic (exact) mass is 388 g/mol. The zero-order valence-corrected chi connectivity index (χ0v) is 16.3. The van der Waals surface area contributed by atoms with Crippen LogP contribution in [0.1, 0.15) is 15.9 Å². The smallest absolute Gasteiger partial charge is 0.255 e. The van der Waals surface area contributed by atoms with Crippen LogP contribution < -0.4 is 14.8 Å². The number of rotatable bonds is 6. The van der Waals surface area contributed by atoms with Crippen LogP contribution in [0, 0.1) is 0 Å². The molecule has 0 saturated carbocycles. The van der Waals surface area contributed by atoms with E-state index >= 15 is 0 Å². The predicted molar refractivity (Wildman–Crippen MR) is 110 cm³/mol. The van der Waals surface area contributed by atoms with Gasteiger partial charge in [0.1, 0.15) is 15.9 Å². The minimum Gasteiger partial charge on any atom is -0.497 e. The Labute approximate surface area is 161 Å². The summed E-state index contributed by atoms with van der Waals surface area (Å²) < 4.78 is 11.6. The average Bonchev–Trinajstić information content (AvgIpc) is 3.19. The van der Waals surface area contributed by atoms with Gasteiger partial charge in [0, 0.05) is 41.0 Å². The molecule has 7 heteroatoms. The molecule has 136 valence electrons. The van der Waals surface area contributed by atoms with Gasteiger partial charge < -0.3 is 14.8 Å². The highest BCUT2D eigenvalue weighted by Crippen LogP contribution is 2.28. The second-order valence-corrected chi connectivity index (χ2v) is 7.80. The lowest BCUT2D eigenvalue weighted by molar-refractivity contribution is 0.102. The summed E-state index contributed by atoms with van der Waals surface area (Å²) in [5, 5.41) is 2.93. The van der Waals surface area contributed by atoms with Crippen molar-refractivity contribution in [2.24, 2.45) is 4.99 Å². The van der Waals surface area contributed by atoms with E-state index in [4.69, 9.17) is 9.47 Å². The van der Waals surface area contributed by atoms with Crippen LogP contribution in [-0.2, 0) is 5.75 Å². The molecule has 0 fully saturated rings. The highest BCUT2D eigenvalue weighted by atomic mass is 32.2. The highest BCUT2D eigenvalue weighted by molar-refractivity contribution is 8.38. The Bertz CT molecular complexity index is 802. The van der Waals surface area contributed by atoms with E-state index in [0.717, 1.165) is 28.0 Å². The first-order valence-corrected chi connectivity index (χ1v) is 10.1. The van der Waals surface area contributed by atoms with Crippen molar-refractivity contribution < 1.29 is 14.3 Å². The third kappa shape index (κ3) is 4.74. The van der Waals surface area contributed by atoms with Gasteiger partial charge in [-0.3, -0.25) is 9.79 Å². The molecule has 2 aromatic rings. The molecular weight excluding hydrogens is 368 g/mol. The Kier molecular flexibility index (Phi) is 6.46. The van der Waals surface area contributed by atoms with Crippen molar-refractivity contribution in [1.82, 2.24) is 0 Å². The van der Waals surface area contributed by atoms with E-state index in [1.165, 1.54) is 0 Å². The normalized spacial score (nSPS) is 13.2. The van der Waals surface area contributed by atoms with Crippen LogP contribution >= 0.6 is 23.5 Å². The molecule has 3 rings (SSSR count). The molecule has 1 N–H and O–H groups in total. The number of aliphatic imine (C=N–C) groups is 1. The molecule has 0 aliphatic carbocycles. The summed E-state index contributed by atoms with van der Waals surface area (Å²) in [4.78, 5) is 17.2. The summed E-state index contributed by atoms with van der Waals surface area (Å²) in [5.74, 6) is 2.86. The quantitative estimate of drug-likeness (QED) is 0.800. The van der Waals surface area contributed by atoms with Crippen molar-refractivity contribution in [3.05, 3.63) is 53.6 Å². The Morgan fingerprint density at radius 3 is 2.58 bits per heavy atom. The number of methoxy groups -OCH3 is 2. The van der Waals surface area contributed by atoms with Gasteiger partial charge in [0.05, 0.1) is 20.8 Å². The molecule has 0 bridgehead atoms. The molecule has 0 aromatic heterocycles. The molecule has 0 atom stereocenters. The van der Waals surface area contributed by atoms with Crippen molar-refractivity contribution in [2.45, 2.75) is 5.75 Å². The summed E-state index contributed by atoms with van der Waals surface area (Å²) >= 11 is 3.45. The van der Waals surface area contributed by atoms with Gasteiger partial charge >= 0.3 is 0 Å². The van der Waals surface area contributed by atoms with Crippen LogP contribution in [0.4, 0.5) is 5.69 Å². The zero-order chi connectivity index (χ0) is 18.4.